The van der Waals surface area contributed by atoms with Gasteiger partial charge in [-0.15, -0.1) is 0 Å². The molecule has 2 N–H and O–H groups in total. The number of rotatable bonds is 6. The Morgan fingerprint density at radius 1 is 1.33 bits per heavy atom. The quantitative estimate of drug-likeness (QED) is 0.790. The molecule has 0 fully saturated rings. The predicted octanol–water partition coefficient (Wildman–Crippen LogP) is 2.41. The lowest BCUT2D eigenvalue weighted by molar-refractivity contribution is -0.137. The summed E-state index contributed by atoms with van der Waals surface area (Å²) in [5, 5.41) is 11.4. The van der Waals surface area contributed by atoms with Crippen LogP contribution in [0.1, 0.15) is 43.7 Å². The van der Waals surface area contributed by atoms with Gasteiger partial charge in [-0.3, -0.25) is 9.59 Å². The lowest BCUT2D eigenvalue weighted by atomic mass is 10.00. The Kier molecular flexibility index (Phi) is 5.14. The SMILES string of the molecule is O=C(O)CCCCC(=O)N[C@@H]1CCOc2c(F)cccc21. The first kappa shape index (κ1) is 15.3. The number of unbranched alkanes of at least 4 members (excludes halogenated alkanes) is 1. The molecular weight excluding hydrogens is 277 g/mol. The maximum Gasteiger partial charge on any atom is 0.303 e. The predicted molar refractivity (Wildman–Crippen MR) is 73.5 cm³/mol. The molecule has 0 aromatic heterocycles. The number of hydrogen-bond donors (Lipinski definition) is 2. The minimum Gasteiger partial charge on any atom is -0.490 e. The minimum absolute atomic E-state index is 0.0680. The molecule has 2 rings (SSSR count). The molecule has 1 heterocycles. The van der Waals surface area contributed by atoms with Crippen LogP contribution in [0.3, 0.4) is 0 Å². The summed E-state index contributed by atoms with van der Waals surface area (Å²) in [4.78, 5) is 22.2. The summed E-state index contributed by atoms with van der Waals surface area (Å²) in [6.45, 7) is 0.359. The summed E-state index contributed by atoms with van der Waals surface area (Å²) in [5.74, 6) is -1.22. The number of aliphatic carboxylic acids is 1. The molecule has 1 aromatic rings. The third-order valence-corrected chi connectivity index (χ3v) is 3.41. The van der Waals surface area contributed by atoms with Crippen molar-refractivity contribution in [2.24, 2.45) is 0 Å². The highest BCUT2D eigenvalue weighted by Gasteiger charge is 2.24. The average molecular weight is 295 g/mol. The molecule has 5 nitrogen and oxygen atoms in total. The van der Waals surface area contributed by atoms with Gasteiger partial charge in [0.15, 0.2) is 11.6 Å². The van der Waals surface area contributed by atoms with Crippen molar-refractivity contribution in [2.75, 3.05) is 6.61 Å². The van der Waals surface area contributed by atoms with Gasteiger partial charge in [-0.2, -0.15) is 0 Å². The van der Waals surface area contributed by atoms with Crippen LogP contribution < -0.4 is 10.1 Å². The van der Waals surface area contributed by atoms with E-state index >= 15 is 0 Å². The second-order valence-corrected chi connectivity index (χ2v) is 5.02. The molecule has 0 bridgehead atoms. The van der Waals surface area contributed by atoms with Crippen molar-refractivity contribution in [3.8, 4) is 5.75 Å². The van der Waals surface area contributed by atoms with Crippen LogP contribution in [-0.2, 0) is 9.59 Å². The number of carboxylic acids is 1. The monoisotopic (exact) mass is 295 g/mol. The summed E-state index contributed by atoms with van der Waals surface area (Å²) < 4.78 is 18.9. The number of fused-ring (bicyclic) bond motifs is 1. The Hall–Kier alpha value is -2.11. The zero-order valence-corrected chi connectivity index (χ0v) is 11.6. The van der Waals surface area contributed by atoms with Crippen LogP contribution in [0.25, 0.3) is 0 Å². The molecule has 1 aromatic carbocycles. The van der Waals surface area contributed by atoms with Crippen LogP contribution in [-0.4, -0.2) is 23.6 Å². The van der Waals surface area contributed by atoms with E-state index in [4.69, 9.17) is 9.84 Å². The molecule has 1 aliphatic rings. The first-order valence-electron chi connectivity index (χ1n) is 7.00. The van der Waals surface area contributed by atoms with E-state index in [-0.39, 0.29) is 30.5 Å². The van der Waals surface area contributed by atoms with E-state index in [0.29, 0.717) is 31.4 Å². The van der Waals surface area contributed by atoms with E-state index < -0.39 is 11.8 Å². The molecule has 1 amide bonds. The Morgan fingerprint density at radius 2 is 2.10 bits per heavy atom. The number of nitrogens with one attached hydrogen (secondary N) is 1. The smallest absolute Gasteiger partial charge is 0.303 e. The highest BCUT2D eigenvalue weighted by Crippen LogP contribution is 2.33. The second kappa shape index (κ2) is 7.06. The molecule has 0 spiro atoms. The zero-order chi connectivity index (χ0) is 15.2. The van der Waals surface area contributed by atoms with Crippen LogP contribution in [0.4, 0.5) is 4.39 Å². The molecule has 6 heteroatoms. The lowest BCUT2D eigenvalue weighted by Gasteiger charge is -2.26. The van der Waals surface area contributed by atoms with Gasteiger partial charge in [-0.25, -0.2) is 4.39 Å². The number of carboxylic acid groups (broad SMARTS) is 1. The van der Waals surface area contributed by atoms with Gasteiger partial charge in [0.25, 0.3) is 0 Å². The van der Waals surface area contributed by atoms with Crippen molar-refractivity contribution in [2.45, 2.75) is 38.1 Å². The number of benzene rings is 1. The lowest BCUT2D eigenvalue weighted by Crippen LogP contribution is -2.32. The van der Waals surface area contributed by atoms with Gasteiger partial charge in [0.1, 0.15) is 0 Å². The molecule has 1 aliphatic heterocycles. The van der Waals surface area contributed by atoms with Crippen LogP contribution in [0.2, 0.25) is 0 Å². The van der Waals surface area contributed by atoms with E-state index in [2.05, 4.69) is 5.32 Å². The number of halogens is 1. The molecule has 1 atom stereocenters. The van der Waals surface area contributed by atoms with Gasteiger partial charge in [0.2, 0.25) is 5.91 Å². The van der Waals surface area contributed by atoms with Crippen molar-refractivity contribution in [1.82, 2.24) is 5.32 Å². The average Bonchev–Trinajstić information content (AvgIpc) is 2.45. The van der Waals surface area contributed by atoms with Crippen LogP contribution in [0.15, 0.2) is 18.2 Å². The maximum absolute atomic E-state index is 13.6. The summed E-state index contributed by atoms with van der Waals surface area (Å²) in [6, 6.07) is 4.41. The molecule has 0 radical (unpaired) electrons. The minimum atomic E-state index is -0.857. The topological polar surface area (TPSA) is 75.6 Å². The Morgan fingerprint density at radius 3 is 2.86 bits per heavy atom. The summed E-state index contributed by atoms with van der Waals surface area (Å²) >= 11 is 0. The van der Waals surface area contributed by atoms with E-state index in [1.807, 2.05) is 0 Å². The van der Waals surface area contributed by atoms with Crippen LogP contribution >= 0.6 is 0 Å². The molecule has 0 saturated carbocycles. The number of para-hydroxylation sites is 1. The fraction of sp³-hybridized carbons (Fsp3) is 0.467. The fourth-order valence-corrected chi connectivity index (χ4v) is 2.36. The van der Waals surface area contributed by atoms with Gasteiger partial charge < -0.3 is 15.2 Å². The second-order valence-electron chi connectivity index (χ2n) is 5.02. The van der Waals surface area contributed by atoms with Crippen molar-refractivity contribution in [3.63, 3.8) is 0 Å². The van der Waals surface area contributed by atoms with Crippen molar-refractivity contribution in [3.05, 3.63) is 29.6 Å². The Labute approximate surface area is 122 Å². The van der Waals surface area contributed by atoms with E-state index in [1.165, 1.54) is 6.07 Å². The number of hydrogen-bond acceptors (Lipinski definition) is 3. The number of carbonyl (C=O) groups excluding carboxylic acids is 1. The van der Waals surface area contributed by atoms with Crippen molar-refractivity contribution in [1.29, 1.82) is 0 Å². The Bertz CT molecular complexity index is 532. The van der Waals surface area contributed by atoms with Crippen LogP contribution in [0.5, 0.6) is 5.75 Å². The highest BCUT2D eigenvalue weighted by atomic mass is 19.1. The molecule has 0 saturated heterocycles. The van der Waals surface area contributed by atoms with Crippen LogP contribution in [0, 0.1) is 5.82 Å². The maximum atomic E-state index is 13.6. The van der Waals surface area contributed by atoms with Gasteiger partial charge >= 0.3 is 5.97 Å². The first-order chi connectivity index (χ1) is 10.1. The number of carbonyl (C=O) groups is 2. The standard InChI is InChI=1S/C15H18FNO4/c16-11-5-3-4-10-12(8-9-21-15(10)11)17-13(18)6-1-2-7-14(19)20/h3-5,12H,1-2,6-9H2,(H,17,18)(H,19,20)/t12-/m1/s1. The number of ether oxygens (including phenoxy) is 1. The third-order valence-electron chi connectivity index (χ3n) is 3.41. The first-order valence-corrected chi connectivity index (χ1v) is 7.00. The van der Waals surface area contributed by atoms with Gasteiger partial charge in [-0.05, 0) is 18.9 Å². The molecular formula is C15H18FNO4. The summed E-state index contributed by atoms with van der Waals surface area (Å²) in [6.07, 6.45) is 1.93. The molecule has 0 aliphatic carbocycles. The van der Waals surface area contributed by atoms with Gasteiger partial charge in [0.05, 0.1) is 12.6 Å². The van der Waals surface area contributed by atoms with Crippen molar-refractivity contribution < 1.29 is 23.8 Å². The third kappa shape index (κ3) is 4.18. The summed E-state index contributed by atoms with van der Waals surface area (Å²) in [5.41, 5.74) is 0.653. The zero-order valence-electron chi connectivity index (χ0n) is 11.6. The number of amides is 1. The summed E-state index contributed by atoms with van der Waals surface area (Å²) in [7, 11) is 0. The van der Waals surface area contributed by atoms with E-state index in [9.17, 15) is 14.0 Å². The molecule has 0 unspecified atom stereocenters. The Balaban J connectivity index is 1.88. The highest BCUT2D eigenvalue weighted by molar-refractivity contribution is 5.76. The van der Waals surface area contributed by atoms with Gasteiger partial charge in [0, 0.05) is 24.8 Å². The molecule has 21 heavy (non-hydrogen) atoms. The van der Waals surface area contributed by atoms with E-state index in [0.717, 1.165) is 0 Å². The fourth-order valence-electron chi connectivity index (χ4n) is 2.36. The largest absolute Gasteiger partial charge is 0.490 e. The van der Waals surface area contributed by atoms with E-state index in [1.54, 1.807) is 12.1 Å². The molecule has 114 valence electrons. The normalized spacial score (nSPS) is 16.7. The van der Waals surface area contributed by atoms with Crippen molar-refractivity contribution >= 4 is 11.9 Å². The van der Waals surface area contributed by atoms with Gasteiger partial charge in [-0.1, -0.05) is 12.1 Å².